The zero-order valence-electron chi connectivity index (χ0n) is 16.3. The number of nitrogens with zero attached hydrogens (tertiary/aromatic N) is 2. The van der Waals surface area contributed by atoms with E-state index in [0.717, 1.165) is 22.3 Å². The third kappa shape index (κ3) is 3.70. The number of amides is 1. The summed E-state index contributed by atoms with van der Waals surface area (Å²) < 4.78 is 13.1. The lowest BCUT2D eigenvalue weighted by molar-refractivity contribution is -0.146. The zero-order chi connectivity index (χ0) is 21.1. The molecule has 0 spiro atoms. The molecular weight excluding hydrogens is 379 g/mol. The average molecular weight is 400 g/mol. The van der Waals surface area contributed by atoms with Crippen molar-refractivity contribution in [2.45, 2.75) is 24.4 Å². The fraction of sp³-hybridized carbons (Fsp3) is 0.200. The molecular formula is C25H21FN2O2. The minimum absolute atomic E-state index is 0.161. The maximum absolute atomic E-state index is 13.1. The normalized spacial score (nSPS) is 20.3. The Labute approximate surface area is 174 Å². The summed E-state index contributed by atoms with van der Waals surface area (Å²) in [7, 11) is 0. The lowest BCUT2D eigenvalue weighted by Crippen LogP contribution is -2.65. The summed E-state index contributed by atoms with van der Waals surface area (Å²) in [4.78, 5) is 14.3. The summed E-state index contributed by atoms with van der Waals surface area (Å²) in [5.41, 5.74) is 3.61. The van der Waals surface area contributed by atoms with Gasteiger partial charge >= 0.3 is 0 Å². The molecule has 3 atom stereocenters. The van der Waals surface area contributed by atoms with Crippen molar-refractivity contribution in [1.82, 2.24) is 4.90 Å². The lowest BCUT2D eigenvalue weighted by atomic mass is 9.75. The first-order valence-corrected chi connectivity index (χ1v) is 9.84. The number of hydrogen-bond donors (Lipinski definition) is 1. The molecule has 1 N–H and O–H groups in total. The van der Waals surface area contributed by atoms with Gasteiger partial charge in [0.1, 0.15) is 11.9 Å². The Morgan fingerprint density at radius 1 is 0.967 bits per heavy atom. The van der Waals surface area contributed by atoms with Gasteiger partial charge in [0.2, 0.25) is 5.91 Å². The Morgan fingerprint density at radius 2 is 1.57 bits per heavy atom. The maximum Gasteiger partial charge on any atom is 0.228 e. The van der Waals surface area contributed by atoms with Crippen molar-refractivity contribution < 1.29 is 14.3 Å². The molecule has 0 unspecified atom stereocenters. The molecule has 1 heterocycles. The molecule has 1 aliphatic rings. The van der Waals surface area contributed by atoms with Crippen LogP contribution in [0.4, 0.5) is 4.39 Å². The quantitative estimate of drug-likeness (QED) is 0.706. The number of aliphatic hydroxyl groups is 1. The molecule has 150 valence electrons. The second-order valence-corrected chi connectivity index (χ2v) is 7.44. The van der Waals surface area contributed by atoms with Crippen LogP contribution < -0.4 is 0 Å². The van der Waals surface area contributed by atoms with Gasteiger partial charge in [-0.2, -0.15) is 5.26 Å². The molecule has 1 saturated heterocycles. The van der Waals surface area contributed by atoms with Crippen LogP contribution in [-0.4, -0.2) is 34.6 Å². The monoisotopic (exact) mass is 400 g/mol. The molecule has 1 amide bonds. The van der Waals surface area contributed by atoms with Crippen LogP contribution in [0.25, 0.3) is 11.1 Å². The number of carbonyl (C=O) groups is 1. The van der Waals surface area contributed by atoms with E-state index in [1.54, 1.807) is 12.1 Å². The van der Waals surface area contributed by atoms with Crippen molar-refractivity contribution in [1.29, 1.82) is 5.26 Å². The van der Waals surface area contributed by atoms with Gasteiger partial charge in [0.15, 0.2) is 0 Å². The highest BCUT2D eigenvalue weighted by Crippen LogP contribution is 2.41. The van der Waals surface area contributed by atoms with Crippen LogP contribution >= 0.6 is 0 Å². The van der Waals surface area contributed by atoms with E-state index < -0.39 is 12.1 Å². The molecule has 1 aliphatic heterocycles. The van der Waals surface area contributed by atoms with Gasteiger partial charge in [-0.1, -0.05) is 66.7 Å². The molecule has 4 nitrogen and oxygen atoms in total. The van der Waals surface area contributed by atoms with E-state index in [4.69, 9.17) is 0 Å². The lowest BCUT2D eigenvalue weighted by Gasteiger charge is -2.51. The van der Waals surface area contributed by atoms with Crippen molar-refractivity contribution in [3.8, 4) is 17.2 Å². The van der Waals surface area contributed by atoms with Crippen molar-refractivity contribution in [3.63, 3.8) is 0 Å². The van der Waals surface area contributed by atoms with Gasteiger partial charge in [-0.25, -0.2) is 4.39 Å². The summed E-state index contributed by atoms with van der Waals surface area (Å²) >= 11 is 0. The van der Waals surface area contributed by atoms with Crippen molar-refractivity contribution in [2.24, 2.45) is 0 Å². The number of aliphatic hydroxyl groups excluding tert-OH is 1. The van der Waals surface area contributed by atoms with Crippen molar-refractivity contribution >= 4 is 5.91 Å². The maximum atomic E-state index is 13.1. The summed E-state index contributed by atoms with van der Waals surface area (Å²) in [5.74, 6) is -0.694. The number of benzene rings is 3. The zero-order valence-corrected chi connectivity index (χ0v) is 16.3. The average Bonchev–Trinajstić information content (AvgIpc) is 2.75. The SMILES string of the molecule is N#C[C@@H]1[C@H](c2ccc(-c3ccc(F)cc3)cc2)[C@@H](CO)N1C(=O)Cc1ccccc1. The molecule has 1 fully saturated rings. The smallest absolute Gasteiger partial charge is 0.228 e. The third-order valence-electron chi connectivity index (χ3n) is 5.69. The third-order valence-corrected chi connectivity index (χ3v) is 5.69. The Morgan fingerprint density at radius 3 is 2.13 bits per heavy atom. The summed E-state index contributed by atoms with van der Waals surface area (Å²) in [6, 6.07) is 24.5. The van der Waals surface area contributed by atoms with Gasteiger partial charge in [-0.15, -0.1) is 0 Å². The molecule has 0 radical (unpaired) electrons. The highest BCUT2D eigenvalue weighted by molar-refractivity contribution is 5.81. The Bertz CT molecular complexity index is 1060. The highest BCUT2D eigenvalue weighted by Gasteiger charge is 2.51. The Kier molecular flexibility index (Phi) is 5.60. The second-order valence-electron chi connectivity index (χ2n) is 7.44. The first-order valence-electron chi connectivity index (χ1n) is 9.84. The van der Waals surface area contributed by atoms with Gasteiger partial charge < -0.3 is 10.0 Å². The number of halogens is 1. The van der Waals surface area contributed by atoms with Crippen molar-refractivity contribution in [2.75, 3.05) is 6.61 Å². The molecule has 0 saturated carbocycles. The van der Waals surface area contributed by atoms with E-state index in [9.17, 15) is 19.6 Å². The highest BCUT2D eigenvalue weighted by atomic mass is 19.1. The largest absolute Gasteiger partial charge is 0.394 e. The number of likely N-dealkylation sites (tertiary alicyclic amines) is 1. The second kappa shape index (κ2) is 8.48. The van der Waals surface area contributed by atoms with Crippen LogP contribution in [-0.2, 0) is 11.2 Å². The minimum Gasteiger partial charge on any atom is -0.394 e. The van der Waals surface area contributed by atoms with Gasteiger partial charge in [0, 0.05) is 5.92 Å². The summed E-state index contributed by atoms with van der Waals surface area (Å²) in [6.45, 7) is -0.205. The van der Waals surface area contributed by atoms with E-state index in [2.05, 4.69) is 6.07 Å². The summed E-state index contributed by atoms with van der Waals surface area (Å²) in [5, 5.41) is 19.7. The predicted octanol–water partition coefficient (Wildman–Crippen LogP) is 3.91. The Hall–Kier alpha value is -3.49. The van der Waals surface area contributed by atoms with Crippen LogP contribution in [0.15, 0.2) is 78.9 Å². The first-order chi connectivity index (χ1) is 14.6. The molecule has 0 aliphatic carbocycles. The molecule has 4 rings (SSSR count). The van der Waals surface area contributed by atoms with Gasteiger partial charge in [0.05, 0.1) is 25.1 Å². The summed E-state index contributed by atoms with van der Waals surface area (Å²) in [6.07, 6.45) is 0.200. The van der Waals surface area contributed by atoms with E-state index in [1.165, 1.54) is 17.0 Å². The molecule has 0 bridgehead atoms. The van der Waals surface area contributed by atoms with Crippen molar-refractivity contribution in [3.05, 3.63) is 95.8 Å². The van der Waals surface area contributed by atoms with E-state index in [-0.39, 0.29) is 30.7 Å². The molecule has 5 heteroatoms. The number of carbonyl (C=O) groups excluding carboxylic acids is 1. The number of rotatable bonds is 5. The molecule has 0 aromatic heterocycles. The molecule has 3 aromatic rings. The van der Waals surface area contributed by atoms with E-state index in [0.29, 0.717) is 0 Å². The van der Waals surface area contributed by atoms with E-state index >= 15 is 0 Å². The molecule has 30 heavy (non-hydrogen) atoms. The first kappa shape index (κ1) is 19.8. The fourth-order valence-electron chi connectivity index (χ4n) is 4.15. The fourth-order valence-corrected chi connectivity index (χ4v) is 4.15. The number of hydrogen-bond acceptors (Lipinski definition) is 3. The van der Waals surface area contributed by atoms with Crippen LogP contribution in [0.2, 0.25) is 0 Å². The van der Waals surface area contributed by atoms with E-state index in [1.807, 2.05) is 54.6 Å². The Balaban J connectivity index is 1.53. The number of nitriles is 1. The van der Waals surface area contributed by atoms with Gasteiger partial charge in [-0.05, 0) is 34.4 Å². The minimum atomic E-state index is -0.616. The topological polar surface area (TPSA) is 64.3 Å². The van der Waals surface area contributed by atoms with Crippen LogP contribution in [0.1, 0.15) is 17.0 Å². The predicted molar refractivity (Wildman–Crippen MR) is 112 cm³/mol. The van der Waals surface area contributed by atoms with Gasteiger partial charge in [0.25, 0.3) is 0 Å². The van der Waals surface area contributed by atoms with Crippen LogP contribution in [0, 0.1) is 17.1 Å². The van der Waals surface area contributed by atoms with Crippen LogP contribution in [0.5, 0.6) is 0 Å². The van der Waals surface area contributed by atoms with Crippen LogP contribution in [0.3, 0.4) is 0 Å². The standard InChI is InChI=1S/C25H21FN2O2/c26-21-12-10-19(11-13-21)18-6-8-20(9-7-18)25-22(15-27)28(23(25)16-29)24(30)14-17-4-2-1-3-5-17/h1-13,22-23,25,29H,14,16H2/t22-,23-,25+/m1/s1. The van der Waals surface area contributed by atoms with Gasteiger partial charge in [-0.3, -0.25) is 4.79 Å². The molecule has 3 aromatic carbocycles.